The number of urea groups is 1. The molecular weight excluding hydrogens is 286 g/mol. The van der Waals surface area contributed by atoms with Gasteiger partial charge in [0.2, 0.25) is 5.91 Å². The molecule has 5 amide bonds. The van der Waals surface area contributed by atoms with Gasteiger partial charge >= 0.3 is 12.0 Å². The summed E-state index contributed by atoms with van der Waals surface area (Å²) in [6.45, 7) is 1.14. The molecule has 1 saturated heterocycles. The highest BCUT2D eigenvalue weighted by atomic mass is 16.5. The minimum Gasteiger partial charge on any atom is -0.480 e. The summed E-state index contributed by atoms with van der Waals surface area (Å²) in [5.74, 6) is -3.46. The van der Waals surface area contributed by atoms with E-state index < -0.39 is 48.5 Å². The average Bonchev–Trinajstić information content (AvgIpc) is 2.33. The zero-order valence-electron chi connectivity index (χ0n) is 11.5. The molecule has 1 fully saturated rings. The molecule has 0 aliphatic carbocycles. The van der Waals surface area contributed by atoms with Crippen LogP contribution in [0.2, 0.25) is 0 Å². The topological polar surface area (TPSA) is 142 Å². The molecule has 3 N–H and O–H groups in total. The highest BCUT2D eigenvalue weighted by molar-refractivity contribution is 6.07. The second-order valence-electron chi connectivity index (χ2n) is 4.76. The van der Waals surface area contributed by atoms with Gasteiger partial charge in [0.05, 0.1) is 0 Å². The van der Waals surface area contributed by atoms with Crippen molar-refractivity contribution >= 4 is 29.7 Å². The number of aliphatic carboxylic acids is 1. The molecule has 1 heterocycles. The normalized spacial score (nSPS) is 17.1. The van der Waals surface area contributed by atoms with Gasteiger partial charge in [-0.15, -0.1) is 0 Å². The highest BCUT2D eigenvalue weighted by Crippen LogP contribution is 2.17. The molecular formula is C11H15N3O7. The van der Waals surface area contributed by atoms with Crippen LogP contribution in [0.3, 0.4) is 0 Å². The fraction of sp³-hybridized carbons (Fsp3) is 0.545. The molecule has 0 atom stereocenters. The Hall–Kier alpha value is -2.49. The Morgan fingerprint density at radius 3 is 2.52 bits per heavy atom. The van der Waals surface area contributed by atoms with E-state index in [0.29, 0.717) is 0 Å². The molecule has 21 heavy (non-hydrogen) atoms. The van der Waals surface area contributed by atoms with Crippen LogP contribution >= 0.6 is 0 Å². The predicted molar refractivity (Wildman–Crippen MR) is 65.9 cm³/mol. The summed E-state index contributed by atoms with van der Waals surface area (Å²) < 4.78 is 4.51. The second kappa shape index (κ2) is 6.31. The first-order valence-corrected chi connectivity index (χ1v) is 5.90. The third-order valence-electron chi connectivity index (χ3n) is 2.74. The lowest BCUT2D eigenvalue weighted by atomic mass is 9.99. The first-order valence-electron chi connectivity index (χ1n) is 5.90. The molecule has 116 valence electrons. The Balaban J connectivity index is 2.61. The summed E-state index contributed by atoms with van der Waals surface area (Å²) in [5.41, 5.74) is -1.31. The highest BCUT2D eigenvalue weighted by Gasteiger charge is 2.43. The Morgan fingerprint density at radius 2 is 1.95 bits per heavy atom. The number of carboxylic acids is 1. The molecule has 1 rings (SSSR count). The lowest BCUT2D eigenvalue weighted by Crippen LogP contribution is -2.67. The summed E-state index contributed by atoms with van der Waals surface area (Å²) in [6.07, 6.45) is 0. The van der Waals surface area contributed by atoms with E-state index in [0.717, 1.165) is 4.90 Å². The Labute approximate surface area is 119 Å². The van der Waals surface area contributed by atoms with Gasteiger partial charge in [0.15, 0.2) is 0 Å². The molecule has 0 aromatic heterocycles. The smallest absolute Gasteiger partial charge is 0.329 e. The van der Waals surface area contributed by atoms with Crippen LogP contribution < -0.4 is 10.6 Å². The Kier molecular flexibility index (Phi) is 4.97. The Bertz CT molecular complexity index is 500. The van der Waals surface area contributed by atoms with Crippen LogP contribution in [0, 0.1) is 0 Å². The van der Waals surface area contributed by atoms with Crippen molar-refractivity contribution in [2.75, 3.05) is 19.8 Å². The molecule has 0 saturated carbocycles. The SMILES string of the molecule is CC1(C)C(=O)NC(=O)CN1C(=O)NC(=O)COCC(=O)O. The molecule has 0 unspecified atom stereocenters. The maximum absolute atomic E-state index is 11.9. The number of carboxylic acid groups (broad SMARTS) is 1. The van der Waals surface area contributed by atoms with Crippen molar-refractivity contribution in [1.82, 2.24) is 15.5 Å². The molecule has 10 nitrogen and oxygen atoms in total. The van der Waals surface area contributed by atoms with Crippen molar-refractivity contribution in [3.8, 4) is 0 Å². The minimum atomic E-state index is -1.31. The van der Waals surface area contributed by atoms with Crippen LogP contribution in [0.4, 0.5) is 4.79 Å². The third kappa shape index (κ3) is 4.24. The number of amides is 5. The summed E-state index contributed by atoms with van der Waals surface area (Å²) in [4.78, 5) is 57.3. The van der Waals surface area contributed by atoms with Crippen LogP contribution in [0.15, 0.2) is 0 Å². The van der Waals surface area contributed by atoms with Crippen LogP contribution in [0.5, 0.6) is 0 Å². The number of nitrogens with one attached hydrogen (secondary N) is 2. The van der Waals surface area contributed by atoms with E-state index in [2.05, 4.69) is 10.1 Å². The number of carbonyl (C=O) groups is 5. The summed E-state index contributed by atoms with van der Waals surface area (Å²) >= 11 is 0. The van der Waals surface area contributed by atoms with Gasteiger partial charge in [-0.2, -0.15) is 0 Å². The molecule has 0 aromatic carbocycles. The molecule has 0 spiro atoms. The molecule has 1 aliphatic heterocycles. The number of nitrogens with zero attached hydrogens (tertiary/aromatic N) is 1. The maximum atomic E-state index is 11.9. The van der Waals surface area contributed by atoms with Gasteiger partial charge in [-0.05, 0) is 13.8 Å². The van der Waals surface area contributed by atoms with Gasteiger partial charge in [0.25, 0.3) is 11.8 Å². The van der Waals surface area contributed by atoms with Gasteiger partial charge in [-0.3, -0.25) is 25.0 Å². The monoisotopic (exact) mass is 301 g/mol. The fourth-order valence-corrected chi connectivity index (χ4v) is 1.56. The van der Waals surface area contributed by atoms with Crippen molar-refractivity contribution in [2.24, 2.45) is 0 Å². The largest absolute Gasteiger partial charge is 0.480 e. The standard InChI is InChI=1S/C11H15N3O7/c1-11(2)9(19)12-6(15)3-14(11)10(20)13-7(16)4-21-5-8(17)18/h3-5H2,1-2H3,(H,17,18)(H,12,15,19)(H,13,16,20). The van der Waals surface area contributed by atoms with Crippen LogP contribution in [0.25, 0.3) is 0 Å². The van der Waals surface area contributed by atoms with E-state index in [9.17, 15) is 24.0 Å². The van der Waals surface area contributed by atoms with Gasteiger partial charge in [0, 0.05) is 0 Å². The van der Waals surface area contributed by atoms with Crippen LogP contribution in [-0.2, 0) is 23.9 Å². The number of hydrogen-bond acceptors (Lipinski definition) is 6. The van der Waals surface area contributed by atoms with Gasteiger partial charge in [-0.1, -0.05) is 0 Å². The molecule has 0 bridgehead atoms. The number of carbonyl (C=O) groups excluding carboxylic acids is 4. The van der Waals surface area contributed by atoms with Crippen molar-refractivity contribution in [2.45, 2.75) is 19.4 Å². The summed E-state index contributed by atoms with van der Waals surface area (Å²) in [7, 11) is 0. The van der Waals surface area contributed by atoms with Crippen LogP contribution in [0.1, 0.15) is 13.8 Å². The summed E-state index contributed by atoms with van der Waals surface area (Å²) in [6, 6.07) is -0.938. The number of hydrogen-bond donors (Lipinski definition) is 3. The number of ether oxygens (including phenoxy) is 1. The third-order valence-corrected chi connectivity index (χ3v) is 2.74. The number of imide groups is 2. The second-order valence-corrected chi connectivity index (χ2v) is 4.76. The minimum absolute atomic E-state index is 0.381. The molecule has 10 heteroatoms. The Morgan fingerprint density at radius 1 is 1.33 bits per heavy atom. The summed E-state index contributed by atoms with van der Waals surface area (Å²) in [5, 5.41) is 12.3. The van der Waals surface area contributed by atoms with Gasteiger partial charge in [0.1, 0.15) is 25.3 Å². The van der Waals surface area contributed by atoms with E-state index in [1.807, 2.05) is 5.32 Å². The first-order chi connectivity index (χ1) is 9.64. The van der Waals surface area contributed by atoms with Gasteiger partial charge < -0.3 is 14.7 Å². The maximum Gasteiger partial charge on any atom is 0.329 e. The number of piperazine rings is 1. The van der Waals surface area contributed by atoms with Crippen LogP contribution in [-0.4, -0.2) is 65.0 Å². The van der Waals surface area contributed by atoms with Crippen molar-refractivity contribution < 1.29 is 33.8 Å². The number of rotatable bonds is 4. The van der Waals surface area contributed by atoms with E-state index in [-0.39, 0.29) is 6.54 Å². The average molecular weight is 301 g/mol. The zero-order valence-corrected chi connectivity index (χ0v) is 11.5. The van der Waals surface area contributed by atoms with Gasteiger partial charge in [-0.25, -0.2) is 9.59 Å². The van der Waals surface area contributed by atoms with Crippen molar-refractivity contribution in [3.63, 3.8) is 0 Å². The van der Waals surface area contributed by atoms with E-state index in [1.165, 1.54) is 13.8 Å². The lowest BCUT2D eigenvalue weighted by Gasteiger charge is -2.39. The van der Waals surface area contributed by atoms with E-state index in [1.54, 1.807) is 0 Å². The fourth-order valence-electron chi connectivity index (χ4n) is 1.56. The quantitative estimate of drug-likeness (QED) is 0.513. The predicted octanol–water partition coefficient (Wildman–Crippen LogP) is -1.94. The van der Waals surface area contributed by atoms with Crippen molar-refractivity contribution in [1.29, 1.82) is 0 Å². The molecule has 1 aliphatic rings. The van der Waals surface area contributed by atoms with Crippen molar-refractivity contribution in [3.05, 3.63) is 0 Å². The first kappa shape index (κ1) is 16.6. The molecule has 0 radical (unpaired) electrons. The molecule has 0 aromatic rings. The van der Waals surface area contributed by atoms with E-state index >= 15 is 0 Å². The zero-order chi connectivity index (χ0) is 16.2. The van der Waals surface area contributed by atoms with E-state index in [4.69, 9.17) is 5.11 Å². The lowest BCUT2D eigenvalue weighted by molar-refractivity contribution is -0.145.